The highest BCUT2D eigenvalue weighted by Crippen LogP contribution is 2.34. The van der Waals surface area contributed by atoms with Crippen LogP contribution < -0.4 is 20.4 Å². The van der Waals surface area contributed by atoms with E-state index in [-0.39, 0.29) is 5.91 Å². The summed E-state index contributed by atoms with van der Waals surface area (Å²) in [5.41, 5.74) is 0.660. The Morgan fingerprint density at radius 3 is 2.67 bits per heavy atom. The standard InChI is InChI=1S/C20H13NO5S/c22-19(21-11-5-6-15-16(9-11)25-8-7-24-15)17-10-13-18(27-17)12-3-1-2-4-14(12)26-20(13)23/h1-6,9-10H,7-8H2,(H,21,22). The van der Waals surface area contributed by atoms with Gasteiger partial charge in [-0.25, -0.2) is 4.79 Å². The van der Waals surface area contributed by atoms with Crippen molar-refractivity contribution in [2.45, 2.75) is 0 Å². The fourth-order valence-electron chi connectivity index (χ4n) is 3.07. The largest absolute Gasteiger partial charge is 0.486 e. The summed E-state index contributed by atoms with van der Waals surface area (Å²) in [6, 6.07) is 14.1. The molecule has 0 bridgehead atoms. The Bertz CT molecular complexity index is 1260. The molecule has 0 aliphatic carbocycles. The predicted octanol–water partition coefficient (Wildman–Crippen LogP) is 4.03. The average Bonchev–Trinajstić information content (AvgIpc) is 3.15. The van der Waals surface area contributed by atoms with Crippen molar-refractivity contribution in [1.29, 1.82) is 0 Å². The van der Waals surface area contributed by atoms with Crippen LogP contribution in [0.1, 0.15) is 9.67 Å². The van der Waals surface area contributed by atoms with E-state index in [0.29, 0.717) is 46.2 Å². The topological polar surface area (TPSA) is 77.8 Å². The van der Waals surface area contributed by atoms with E-state index in [1.807, 2.05) is 12.1 Å². The summed E-state index contributed by atoms with van der Waals surface area (Å²) in [7, 11) is 0. The Hall–Kier alpha value is -3.32. The summed E-state index contributed by atoms with van der Waals surface area (Å²) in [5.74, 6) is 0.962. The molecule has 134 valence electrons. The van der Waals surface area contributed by atoms with Crippen molar-refractivity contribution in [2.24, 2.45) is 0 Å². The van der Waals surface area contributed by atoms with Crippen molar-refractivity contribution < 1.29 is 18.7 Å². The number of hydrogen-bond acceptors (Lipinski definition) is 6. The number of ether oxygens (including phenoxy) is 2. The van der Waals surface area contributed by atoms with Crippen LogP contribution in [-0.4, -0.2) is 19.1 Å². The Balaban J connectivity index is 1.52. The van der Waals surface area contributed by atoms with Gasteiger partial charge in [-0.15, -0.1) is 11.3 Å². The molecule has 1 N–H and O–H groups in total. The highest BCUT2D eigenvalue weighted by Gasteiger charge is 2.17. The van der Waals surface area contributed by atoms with Crippen molar-refractivity contribution in [3.8, 4) is 11.5 Å². The number of hydrogen-bond donors (Lipinski definition) is 1. The second kappa shape index (κ2) is 6.14. The van der Waals surface area contributed by atoms with Gasteiger partial charge in [-0.1, -0.05) is 12.1 Å². The van der Waals surface area contributed by atoms with Crippen molar-refractivity contribution in [1.82, 2.24) is 0 Å². The van der Waals surface area contributed by atoms with E-state index in [0.717, 1.165) is 10.1 Å². The molecule has 27 heavy (non-hydrogen) atoms. The fourth-order valence-corrected chi connectivity index (χ4v) is 4.14. The molecule has 0 unspecified atom stereocenters. The predicted molar refractivity (Wildman–Crippen MR) is 103 cm³/mol. The molecule has 1 aliphatic rings. The monoisotopic (exact) mass is 379 g/mol. The second-order valence-electron chi connectivity index (χ2n) is 6.05. The van der Waals surface area contributed by atoms with E-state index >= 15 is 0 Å². The van der Waals surface area contributed by atoms with Gasteiger partial charge in [0.1, 0.15) is 18.8 Å². The van der Waals surface area contributed by atoms with Crippen molar-refractivity contribution in [2.75, 3.05) is 18.5 Å². The average molecular weight is 379 g/mol. The van der Waals surface area contributed by atoms with Gasteiger partial charge in [-0.05, 0) is 30.3 Å². The van der Waals surface area contributed by atoms with E-state index in [9.17, 15) is 9.59 Å². The first-order chi connectivity index (χ1) is 13.2. The zero-order valence-electron chi connectivity index (χ0n) is 14.0. The summed E-state index contributed by atoms with van der Waals surface area (Å²) < 4.78 is 17.1. The number of rotatable bonds is 2. The molecule has 4 aromatic rings. The van der Waals surface area contributed by atoms with Crippen molar-refractivity contribution in [3.63, 3.8) is 0 Å². The molecule has 0 saturated heterocycles. The Morgan fingerprint density at radius 2 is 1.78 bits per heavy atom. The highest BCUT2D eigenvalue weighted by molar-refractivity contribution is 7.21. The van der Waals surface area contributed by atoms with Gasteiger partial charge in [-0.3, -0.25) is 4.79 Å². The quantitative estimate of drug-likeness (QED) is 0.532. The molecule has 1 aliphatic heterocycles. The number of nitrogens with one attached hydrogen (secondary N) is 1. The van der Waals surface area contributed by atoms with E-state index in [2.05, 4.69) is 5.32 Å². The maximum atomic E-state index is 12.7. The molecule has 7 heteroatoms. The number of benzene rings is 2. The van der Waals surface area contributed by atoms with Crippen LogP contribution in [0.2, 0.25) is 0 Å². The van der Waals surface area contributed by atoms with Gasteiger partial charge in [0.25, 0.3) is 5.91 Å². The molecule has 0 atom stereocenters. The summed E-state index contributed by atoms with van der Waals surface area (Å²) in [4.78, 5) is 25.4. The lowest BCUT2D eigenvalue weighted by Crippen LogP contribution is -2.16. The SMILES string of the molecule is O=C(Nc1ccc2c(c1)OCCO2)c1cc2c(=O)oc3ccccc3c2s1. The van der Waals surface area contributed by atoms with E-state index in [4.69, 9.17) is 13.9 Å². The molecule has 0 fully saturated rings. The number of anilines is 1. The Labute approximate surface area is 156 Å². The van der Waals surface area contributed by atoms with Crippen molar-refractivity contribution >= 4 is 44.0 Å². The van der Waals surface area contributed by atoms with E-state index in [1.165, 1.54) is 11.3 Å². The maximum absolute atomic E-state index is 12.7. The number of carbonyl (C=O) groups is 1. The molecular formula is C20H13NO5S. The molecule has 6 nitrogen and oxygen atoms in total. The number of carbonyl (C=O) groups excluding carboxylic acids is 1. The van der Waals surface area contributed by atoms with Crippen LogP contribution >= 0.6 is 11.3 Å². The third-order valence-electron chi connectivity index (χ3n) is 4.31. The molecule has 2 aromatic heterocycles. The highest BCUT2D eigenvalue weighted by atomic mass is 32.1. The van der Waals surface area contributed by atoms with Crippen molar-refractivity contribution in [3.05, 3.63) is 63.8 Å². The lowest BCUT2D eigenvalue weighted by Gasteiger charge is -2.18. The molecule has 3 heterocycles. The normalized spacial score (nSPS) is 13.0. The first-order valence-electron chi connectivity index (χ1n) is 8.35. The minimum atomic E-state index is -0.446. The van der Waals surface area contributed by atoms with Crippen LogP contribution in [0.5, 0.6) is 11.5 Å². The molecular weight excluding hydrogens is 366 g/mol. The Morgan fingerprint density at radius 1 is 0.963 bits per heavy atom. The summed E-state index contributed by atoms with van der Waals surface area (Å²) in [6.07, 6.45) is 0. The smallest absolute Gasteiger partial charge is 0.345 e. The van der Waals surface area contributed by atoms with Crippen LogP contribution in [0.25, 0.3) is 21.1 Å². The number of thiophene rings is 1. The lowest BCUT2D eigenvalue weighted by atomic mass is 10.2. The van der Waals surface area contributed by atoms with Crippen LogP contribution in [0, 0.1) is 0 Å². The number of para-hydroxylation sites is 1. The van der Waals surface area contributed by atoms with Gasteiger partial charge >= 0.3 is 5.63 Å². The Kier molecular flexibility index (Phi) is 3.61. The van der Waals surface area contributed by atoms with E-state index < -0.39 is 5.63 Å². The second-order valence-corrected chi connectivity index (χ2v) is 7.10. The number of fused-ring (bicyclic) bond motifs is 4. The van der Waals surface area contributed by atoms with Crippen LogP contribution in [0.15, 0.2) is 57.7 Å². The van der Waals surface area contributed by atoms with Gasteiger partial charge in [0.2, 0.25) is 0 Å². The van der Waals surface area contributed by atoms with Gasteiger partial charge in [0.05, 0.1) is 15.0 Å². The number of amides is 1. The fraction of sp³-hybridized carbons (Fsp3) is 0.100. The summed E-state index contributed by atoms with van der Waals surface area (Å²) in [6.45, 7) is 0.987. The van der Waals surface area contributed by atoms with Gasteiger partial charge in [0, 0.05) is 17.1 Å². The summed E-state index contributed by atoms with van der Waals surface area (Å²) in [5, 5.41) is 4.06. The third-order valence-corrected chi connectivity index (χ3v) is 5.48. The molecule has 5 rings (SSSR count). The van der Waals surface area contributed by atoms with Gasteiger partial charge in [0.15, 0.2) is 11.5 Å². The first kappa shape index (κ1) is 15.9. The minimum absolute atomic E-state index is 0.295. The first-order valence-corrected chi connectivity index (χ1v) is 9.17. The van der Waals surface area contributed by atoms with Crippen LogP contribution in [-0.2, 0) is 0 Å². The van der Waals surface area contributed by atoms with Crippen LogP contribution in [0.4, 0.5) is 5.69 Å². The zero-order chi connectivity index (χ0) is 18.4. The van der Waals surface area contributed by atoms with Crippen LogP contribution in [0.3, 0.4) is 0 Å². The maximum Gasteiger partial charge on any atom is 0.345 e. The molecule has 0 saturated carbocycles. The van der Waals surface area contributed by atoms with E-state index in [1.54, 1.807) is 36.4 Å². The molecule has 0 radical (unpaired) electrons. The summed E-state index contributed by atoms with van der Waals surface area (Å²) >= 11 is 1.27. The molecule has 1 amide bonds. The van der Waals surface area contributed by atoms with Gasteiger partial charge < -0.3 is 19.2 Å². The minimum Gasteiger partial charge on any atom is -0.486 e. The molecule has 0 spiro atoms. The third kappa shape index (κ3) is 2.72. The lowest BCUT2D eigenvalue weighted by molar-refractivity contribution is 0.103. The zero-order valence-corrected chi connectivity index (χ0v) is 14.8. The molecule has 2 aromatic carbocycles. The van der Waals surface area contributed by atoms with Gasteiger partial charge in [-0.2, -0.15) is 0 Å².